The van der Waals surface area contributed by atoms with Crippen molar-refractivity contribution in [1.29, 1.82) is 0 Å². The van der Waals surface area contributed by atoms with Crippen LogP contribution in [0.5, 0.6) is 0 Å². The fraction of sp³-hybridized carbons (Fsp3) is 0.467. The highest BCUT2D eigenvalue weighted by molar-refractivity contribution is 6.10. The molecule has 0 unspecified atom stereocenters. The molecule has 1 aromatic rings. The predicted molar refractivity (Wildman–Crippen MR) is 73.7 cm³/mol. The molecule has 4 heteroatoms. The summed E-state index contributed by atoms with van der Waals surface area (Å²) in [7, 11) is 0. The molecule has 0 bridgehead atoms. The second kappa shape index (κ2) is 5.13. The van der Waals surface area contributed by atoms with Crippen molar-refractivity contribution in [3.8, 4) is 0 Å². The first-order chi connectivity index (χ1) is 9.09. The van der Waals surface area contributed by atoms with E-state index in [9.17, 15) is 9.59 Å². The van der Waals surface area contributed by atoms with E-state index in [0.717, 1.165) is 5.56 Å². The Morgan fingerprint density at radius 2 is 1.84 bits per heavy atom. The maximum Gasteiger partial charge on any atom is 0.261 e. The quantitative estimate of drug-likeness (QED) is 0.838. The Kier molecular flexibility index (Phi) is 3.71. The topological polar surface area (TPSA) is 63.4 Å². The average molecular weight is 260 g/mol. The number of rotatable bonds is 4. The number of hydrogen-bond acceptors (Lipinski definition) is 3. The van der Waals surface area contributed by atoms with Crippen LogP contribution in [-0.2, 0) is 11.2 Å². The van der Waals surface area contributed by atoms with E-state index in [4.69, 9.17) is 5.73 Å². The standard InChI is InChI=1S/C15H20N2O2/c1-3-15(4-2,10-16)17-13(18)9-11-7-5-6-8-12(11)14(17)19/h5-8H,3-4,9-10,16H2,1-2H3. The van der Waals surface area contributed by atoms with Crippen molar-refractivity contribution in [1.82, 2.24) is 4.90 Å². The van der Waals surface area contributed by atoms with Gasteiger partial charge in [-0.3, -0.25) is 14.5 Å². The maximum absolute atomic E-state index is 12.6. The van der Waals surface area contributed by atoms with E-state index in [2.05, 4.69) is 0 Å². The fourth-order valence-electron chi connectivity index (χ4n) is 2.78. The molecular weight excluding hydrogens is 240 g/mol. The van der Waals surface area contributed by atoms with E-state index in [-0.39, 0.29) is 18.2 Å². The first-order valence-corrected chi connectivity index (χ1v) is 6.75. The molecule has 0 saturated heterocycles. The van der Waals surface area contributed by atoms with Crippen LogP contribution in [0.25, 0.3) is 0 Å². The number of benzene rings is 1. The van der Waals surface area contributed by atoms with Crippen molar-refractivity contribution in [3.63, 3.8) is 0 Å². The Balaban J connectivity index is 2.49. The Morgan fingerprint density at radius 1 is 1.21 bits per heavy atom. The normalized spacial score (nSPS) is 15.6. The third kappa shape index (κ3) is 2.06. The number of carbonyl (C=O) groups is 2. The fourth-order valence-corrected chi connectivity index (χ4v) is 2.78. The molecule has 2 amide bonds. The van der Waals surface area contributed by atoms with Gasteiger partial charge in [0.2, 0.25) is 5.91 Å². The lowest BCUT2D eigenvalue weighted by molar-refractivity contribution is -0.133. The molecule has 2 N–H and O–H groups in total. The van der Waals surface area contributed by atoms with Gasteiger partial charge in [-0.25, -0.2) is 0 Å². The molecule has 0 spiro atoms. The molecule has 0 aliphatic carbocycles. The zero-order valence-electron chi connectivity index (χ0n) is 11.5. The van der Waals surface area contributed by atoms with Gasteiger partial charge in [0.05, 0.1) is 12.0 Å². The summed E-state index contributed by atoms with van der Waals surface area (Å²) in [6.45, 7) is 4.24. The number of amides is 2. The highest BCUT2D eigenvalue weighted by atomic mass is 16.2. The van der Waals surface area contributed by atoms with Crippen LogP contribution < -0.4 is 5.73 Å². The summed E-state index contributed by atoms with van der Waals surface area (Å²) in [6, 6.07) is 7.30. The highest BCUT2D eigenvalue weighted by Gasteiger charge is 2.43. The summed E-state index contributed by atoms with van der Waals surface area (Å²) in [5.74, 6) is -0.348. The number of imide groups is 1. The first-order valence-electron chi connectivity index (χ1n) is 6.75. The van der Waals surface area contributed by atoms with Crippen molar-refractivity contribution in [2.45, 2.75) is 38.6 Å². The van der Waals surface area contributed by atoms with Crippen LogP contribution in [0.15, 0.2) is 24.3 Å². The Labute approximate surface area is 113 Å². The zero-order chi connectivity index (χ0) is 14.0. The molecule has 4 nitrogen and oxygen atoms in total. The molecule has 0 atom stereocenters. The van der Waals surface area contributed by atoms with Crippen molar-refractivity contribution in [2.75, 3.05) is 6.54 Å². The third-order valence-corrected chi connectivity index (χ3v) is 4.21. The van der Waals surface area contributed by atoms with Crippen molar-refractivity contribution >= 4 is 11.8 Å². The summed E-state index contributed by atoms with van der Waals surface area (Å²) in [4.78, 5) is 26.3. The Hall–Kier alpha value is -1.68. The Bertz CT molecular complexity index is 498. The van der Waals surface area contributed by atoms with Gasteiger partial charge in [-0.1, -0.05) is 32.0 Å². The molecule has 102 valence electrons. The molecule has 1 aliphatic heterocycles. The summed E-state index contributed by atoms with van der Waals surface area (Å²) < 4.78 is 0. The van der Waals surface area contributed by atoms with Gasteiger partial charge in [0.15, 0.2) is 0 Å². The molecular formula is C15H20N2O2. The second-order valence-electron chi connectivity index (χ2n) is 5.00. The molecule has 1 aromatic carbocycles. The van der Waals surface area contributed by atoms with Gasteiger partial charge in [0.25, 0.3) is 5.91 Å². The minimum atomic E-state index is -0.554. The van der Waals surface area contributed by atoms with Crippen molar-refractivity contribution in [2.24, 2.45) is 5.73 Å². The lowest BCUT2D eigenvalue weighted by atomic mass is 9.86. The van der Waals surface area contributed by atoms with E-state index in [1.807, 2.05) is 32.0 Å². The smallest absolute Gasteiger partial charge is 0.261 e. The minimum Gasteiger partial charge on any atom is -0.328 e. The number of nitrogens with two attached hydrogens (primary N) is 1. The van der Waals surface area contributed by atoms with Gasteiger partial charge < -0.3 is 5.73 Å². The zero-order valence-corrected chi connectivity index (χ0v) is 11.5. The molecule has 1 aliphatic rings. The molecule has 0 fully saturated rings. The van der Waals surface area contributed by atoms with E-state index in [1.54, 1.807) is 6.07 Å². The molecule has 2 rings (SSSR count). The van der Waals surface area contributed by atoms with Gasteiger partial charge in [0.1, 0.15) is 0 Å². The summed E-state index contributed by atoms with van der Waals surface area (Å²) in [6.07, 6.45) is 1.64. The van der Waals surface area contributed by atoms with E-state index in [0.29, 0.717) is 24.9 Å². The summed E-state index contributed by atoms with van der Waals surface area (Å²) in [5.41, 5.74) is 6.74. The van der Waals surface area contributed by atoms with Crippen LogP contribution in [0.3, 0.4) is 0 Å². The Morgan fingerprint density at radius 3 is 2.42 bits per heavy atom. The van der Waals surface area contributed by atoms with Crippen LogP contribution in [0.1, 0.15) is 42.6 Å². The molecule has 1 heterocycles. The van der Waals surface area contributed by atoms with Gasteiger partial charge in [-0.2, -0.15) is 0 Å². The third-order valence-electron chi connectivity index (χ3n) is 4.21. The second-order valence-corrected chi connectivity index (χ2v) is 5.00. The van der Waals surface area contributed by atoms with E-state index in [1.165, 1.54) is 4.90 Å². The number of carbonyl (C=O) groups excluding carboxylic acids is 2. The van der Waals surface area contributed by atoms with E-state index < -0.39 is 5.54 Å². The summed E-state index contributed by atoms with van der Waals surface area (Å²) >= 11 is 0. The maximum atomic E-state index is 12.6. The van der Waals surface area contributed by atoms with Crippen LogP contribution in [0.2, 0.25) is 0 Å². The van der Waals surface area contributed by atoms with Crippen LogP contribution in [0, 0.1) is 0 Å². The lowest BCUT2D eigenvalue weighted by Crippen LogP contribution is -2.60. The SMILES string of the molecule is CCC(CC)(CN)N1C(=O)Cc2ccccc2C1=O. The minimum absolute atomic E-state index is 0.141. The van der Waals surface area contributed by atoms with Gasteiger partial charge in [0, 0.05) is 12.1 Å². The van der Waals surface area contributed by atoms with Gasteiger partial charge in [-0.05, 0) is 24.5 Å². The van der Waals surface area contributed by atoms with Crippen LogP contribution in [-0.4, -0.2) is 28.8 Å². The largest absolute Gasteiger partial charge is 0.328 e. The van der Waals surface area contributed by atoms with Gasteiger partial charge >= 0.3 is 0 Å². The van der Waals surface area contributed by atoms with Gasteiger partial charge in [-0.15, -0.1) is 0 Å². The summed E-state index contributed by atoms with van der Waals surface area (Å²) in [5, 5.41) is 0. The monoisotopic (exact) mass is 260 g/mol. The molecule has 0 saturated carbocycles. The highest BCUT2D eigenvalue weighted by Crippen LogP contribution is 2.30. The van der Waals surface area contributed by atoms with Crippen LogP contribution in [0.4, 0.5) is 0 Å². The van der Waals surface area contributed by atoms with Crippen molar-refractivity contribution in [3.05, 3.63) is 35.4 Å². The van der Waals surface area contributed by atoms with E-state index >= 15 is 0 Å². The molecule has 0 aromatic heterocycles. The number of hydrogen-bond donors (Lipinski definition) is 1. The van der Waals surface area contributed by atoms with Crippen molar-refractivity contribution < 1.29 is 9.59 Å². The predicted octanol–water partition coefficient (Wildman–Crippen LogP) is 1.73. The molecule has 0 radical (unpaired) electrons. The number of nitrogens with zero attached hydrogens (tertiary/aromatic N) is 1. The lowest BCUT2D eigenvalue weighted by Gasteiger charge is -2.43. The average Bonchev–Trinajstić information content (AvgIpc) is 2.44. The van der Waals surface area contributed by atoms with Crippen LogP contribution >= 0.6 is 0 Å². The number of fused-ring (bicyclic) bond motifs is 1. The molecule has 19 heavy (non-hydrogen) atoms. The first kappa shape index (κ1) is 13.7.